The summed E-state index contributed by atoms with van der Waals surface area (Å²) in [4.78, 5) is 13.7. The number of ether oxygens (including phenoxy) is 1. The van der Waals surface area contributed by atoms with Gasteiger partial charge < -0.3 is 4.74 Å². The summed E-state index contributed by atoms with van der Waals surface area (Å²) in [6.07, 6.45) is 6.30. The molecule has 8 nitrogen and oxygen atoms in total. The lowest BCUT2D eigenvalue weighted by molar-refractivity contribution is -0.124. The molecule has 0 bridgehead atoms. The Morgan fingerprint density at radius 2 is 1.82 bits per heavy atom. The number of carbonyl (C=O) groups is 1. The highest BCUT2D eigenvalue weighted by Crippen LogP contribution is 2.25. The highest BCUT2D eigenvalue weighted by atomic mass is 32.2. The number of hydroxylamine groups is 1. The summed E-state index contributed by atoms with van der Waals surface area (Å²) in [5.74, 6) is -0.699. The third-order valence-corrected chi connectivity index (χ3v) is 7.38. The summed E-state index contributed by atoms with van der Waals surface area (Å²) in [6.45, 7) is 4.52. The van der Waals surface area contributed by atoms with Gasteiger partial charge in [-0.1, -0.05) is 36.4 Å². The zero-order valence-corrected chi connectivity index (χ0v) is 19.4. The maximum atomic E-state index is 13.1. The van der Waals surface area contributed by atoms with Crippen molar-refractivity contribution >= 4 is 22.0 Å². The van der Waals surface area contributed by atoms with E-state index in [1.54, 1.807) is 24.3 Å². The van der Waals surface area contributed by atoms with E-state index in [4.69, 9.17) is 9.94 Å². The molecule has 1 saturated heterocycles. The molecule has 0 saturated carbocycles. The van der Waals surface area contributed by atoms with Gasteiger partial charge in [-0.25, -0.2) is 17.9 Å². The van der Waals surface area contributed by atoms with Crippen LogP contribution >= 0.6 is 0 Å². The number of carbonyl (C=O) groups excluding carboxylic acids is 1. The van der Waals surface area contributed by atoms with E-state index in [-0.39, 0.29) is 4.90 Å². The second-order valence-corrected chi connectivity index (χ2v) is 9.86. The normalized spacial score (nSPS) is 15.0. The van der Waals surface area contributed by atoms with E-state index in [0.29, 0.717) is 5.56 Å². The predicted octanol–water partition coefficient (Wildman–Crippen LogP) is 2.79. The van der Waals surface area contributed by atoms with Crippen LogP contribution in [0.2, 0.25) is 0 Å². The molecule has 1 amide bonds. The molecule has 1 aromatic heterocycles. The summed E-state index contributed by atoms with van der Waals surface area (Å²) >= 11 is 0. The minimum Gasteiger partial charge on any atom is -0.379 e. The van der Waals surface area contributed by atoms with Crippen molar-refractivity contribution in [3.63, 3.8) is 0 Å². The van der Waals surface area contributed by atoms with Crippen molar-refractivity contribution in [2.24, 2.45) is 0 Å². The van der Waals surface area contributed by atoms with Gasteiger partial charge in [0.1, 0.15) is 0 Å². The van der Waals surface area contributed by atoms with Crippen LogP contribution in [0.15, 0.2) is 78.0 Å². The fourth-order valence-electron chi connectivity index (χ4n) is 3.78. The van der Waals surface area contributed by atoms with Gasteiger partial charge in [0.25, 0.3) is 15.9 Å². The summed E-state index contributed by atoms with van der Waals surface area (Å²) in [7, 11) is -3.80. The number of aromatic nitrogens is 1. The molecule has 0 radical (unpaired) electrons. The maximum absolute atomic E-state index is 13.1. The Labute approximate surface area is 199 Å². The van der Waals surface area contributed by atoms with Crippen LogP contribution in [-0.4, -0.2) is 61.3 Å². The molecular weight excluding hydrogens is 454 g/mol. The molecule has 34 heavy (non-hydrogen) atoms. The second-order valence-electron chi connectivity index (χ2n) is 8.02. The lowest BCUT2D eigenvalue weighted by Gasteiger charge is -2.26. The van der Waals surface area contributed by atoms with Gasteiger partial charge >= 0.3 is 0 Å². The molecule has 0 spiro atoms. The summed E-state index contributed by atoms with van der Waals surface area (Å²) in [5.41, 5.74) is 4.99. The third-order valence-electron chi connectivity index (χ3n) is 5.74. The van der Waals surface area contributed by atoms with E-state index >= 15 is 0 Å². The number of hydrogen-bond acceptors (Lipinski definition) is 6. The third kappa shape index (κ3) is 5.81. The number of morpholine rings is 1. The van der Waals surface area contributed by atoms with Gasteiger partial charge in [-0.15, -0.1) is 0 Å². The quantitative estimate of drug-likeness (QED) is 0.292. The van der Waals surface area contributed by atoms with E-state index < -0.39 is 15.9 Å². The first kappa shape index (κ1) is 23.9. The first-order chi connectivity index (χ1) is 16.5. The fraction of sp³-hybridized carbons (Fsp3) is 0.240. The second kappa shape index (κ2) is 10.8. The molecule has 2 N–H and O–H groups in total. The average Bonchev–Trinajstić information content (AvgIpc) is 3.37. The Balaban J connectivity index is 1.47. The van der Waals surface area contributed by atoms with Crippen LogP contribution in [-0.2, 0) is 26.0 Å². The number of nitrogens with zero attached hydrogens (tertiary/aromatic N) is 2. The molecule has 9 heteroatoms. The first-order valence-corrected chi connectivity index (χ1v) is 12.4. The van der Waals surface area contributed by atoms with E-state index in [0.717, 1.165) is 60.4 Å². The molecule has 1 aliphatic rings. The van der Waals surface area contributed by atoms with Crippen LogP contribution in [0.4, 0.5) is 0 Å². The molecular formula is C25H27N3O5S. The van der Waals surface area contributed by atoms with E-state index in [1.807, 2.05) is 18.2 Å². The molecule has 0 unspecified atom stereocenters. The van der Waals surface area contributed by atoms with Crippen molar-refractivity contribution in [1.29, 1.82) is 0 Å². The van der Waals surface area contributed by atoms with Crippen molar-refractivity contribution < 1.29 is 23.2 Å². The van der Waals surface area contributed by atoms with E-state index in [1.165, 1.54) is 29.5 Å². The molecule has 2 heterocycles. The number of nitrogens with one attached hydrogen (secondary N) is 1. The molecule has 1 fully saturated rings. The van der Waals surface area contributed by atoms with Crippen LogP contribution in [0, 0.1) is 0 Å². The molecule has 2 aromatic carbocycles. The van der Waals surface area contributed by atoms with Crippen LogP contribution in [0.5, 0.6) is 0 Å². The van der Waals surface area contributed by atoms with Crippen LogP contribution in [0.1, 0.15) is 11.1 Å². The van der Waals surface area contributed by atoms with Gasteiger partial charge in [0, 0.05) is 38.1 Å². The van der Waals surface area contributed by atoms with Gasteiger partial charge in [0.15, 0.2) is 0 Å². The van der Waals surface area contributed by atoms with Gasteiger partial charge in [-0.2, -0.15) is 0 Å². The van der Waals surface area contributed by atoms with Gasteiger partial charge in [-0.05, 0) is 52.9 Å². The number of hydrogen-bond donors (Lipinski definition) is 2. The smallest absolute Gasteiger partial charge is 0.267 e. The van der Waals surface area contributed by atoms with Crippen molar-refractivity contribution in [1.82, 2.24) is 14.4 Å². The van der Waals surface area contributed by atoms with E-state index in [2.05, 4.69) is 17.0 Å². The summed E-state index contributed by atoms with van der Waals surface area (Å²) in [5, 5.41) is 8.55. The Morgan fingerprint density at radius 1 is 1.06 bits per heavy atom. The Morgan fingerprint density at radius 3 is 2.56 bits per heavy atom. The lowest BCUT2D eigenvalue weighted by Crippen LogP contribution is -2.37. The topological polar surface area (TPSA) is 101 Å². The molecule has 1 aliphatic heterocycles. The SMILES string of the molecule is O=C(C=Cc1ccn(S(=O)(=O)c2cccc(-c3ccc(CCN4CCOCC4)cc3)c2)c1)NO. The van der Waals surface area contributed by atoms with Crippen molar-refractivity contribution in [2.75, 3.05) is 32.8 Å². The Bertz CT molecular complexity index is 1260. The van der Waals surface area contributed by atoms with Crippen molar-refractivity contribution in [3.05, 3.63) is 84.2 Å². The average molecular weight is 482 g/mol. The monoisotopic (exact) mass is 481 g/mol. The Hall–Kier alpha value is -3.24. The molecule has 178 valence electrons. The molecule has 0 aliphatic carbocycles. The van der Waals surface area contributed by atoms with Crippen molar-refractivity contribution in [2.45, 2.75) is 11.3 Å². The number of amides is 1. The zero-order valence-electron chi connectivity index (χ0n) is 18.6. The fourth-order valence-corrected chi connectivity index (χ4v) is 5.03. The van der Waals surface area contributed by atoms with Gasteiger partial charge in [0.05, 0.1) is 18.1 Å². The largest absolute Gasteiger partial charge is 0.379 e. The minimum atomic E-state index is -3.80. The zero-order chi connectivity index (χ0) is 24.0. The molecule has 3 aromatic rings. The van der Waals surface area contributed by atoms with Crippen LogP contribution < -0.4 is 5.48 Å². The van der Waals surface area contributed by atoms with E-state index in [9.17, 15) is 13.2 Å². The Kier molecular flexibility index (Phi) is 7.59. The number of rotatable bonds is 8. The van der Waals surface area contributed by atoms with Gasteiger partial charge in [0.2, 0.25) is 0 Å². The van der Waals surface area contributed by atoms with Crippen LogP contribution in [0.3, 0.4) is 0 Å². The summed E-state index contributed by atoms with van der Waals surface area (Å²) in [6, 6.07) is 16.6. The molecule has 0 atom stereocenters. The number of benzene rings is 2. The lowest BCUT2D eigenvalue weighted by atomic mass is 10.0. The predicted molar refractivity (Wildman–Crippen MR) is 129 cm³/mol. The van der Waals surface area contributed by atoms with Crippen LogP contribution in [0.25, 0.3) is 17.2 Å². The first-order valence-electron chi connectivity index (χ1n) is 11.0. The highest BCUT2D eigenvalue weighted by Gasteiger charge is 2.17. The summed E-state index contributed by atoms with van der Waals surface area (Å²) < 4.78 is 32.7. The molecule has 4 rings (SSSR count). The standard InChI is InChI=1S/C25H27N3O5S/c29-25(26-30)9-6-21-11-13-28(19-21)34(31,32)24-3-1-2-23(18-24)22-7-4-20(5-8-22)10-12-27-14-16-33-17-15-27/h1-9,11,13,18-19,30H,10,12,14-17H2,(H,26,29). The van der Waals surface area contributed by atoms with Crippen molar-refractivity contribution in [3.8, 4) is 11.1 Å². The van der Waals surface area contributed by atoms with Gasteiger partial charge in [-0.3, -0.25) is 14.9 Å². The minimum absolute atomic E-state index is 0.167. The highest BCUT2D eigenvalue weighted by molar-refractivity contribution is 7.90. The maximum Gasteiger partial charge on any atom is 0.267 e.